The van der Waals surface area contributed by atoms with Gasteiger partial charge in [-0.25, -0.2) is 0 Å². The van der Waals surface area contributed by atoms with Gasteiger partial charge in [0.15, 0.2) is 0 Å². The lowest BCUT2D eigenvalue weighted by Gasteiger charge is -2.08. The summed E-state index contributed by atoms with van der Waals surface area (Å²) in [6, 6.07) is 1.87. The SMILES string of the molecule is N#CC1(C(=O)NCCSC(F)(F)F)CC1. The highest BCUT2D eigenvalue weighted by Crippen LogP contribution is 2.44. The summed E-state index contributed by atoms with van der Waals surface area (Å²) in [7, 11) is 0. The number of nitrogens with one attached hydrogen (secondary N) is 1. The average molecular weight is 238 g/mol. The summed E-state index contributed by atoms with van der Waals surface area (Å²) in [6.07, 6.45) is 1.00. The van der Waals surface area contributed by atoms with Crippen molar-refractivity contribution in [2.45, 2.75) is 18.3 Å². The second kappa shape index (κ2) is 4.31. The Morgan fingerprint density at radius 1 is 1.53 bits per heavy atom. The molecule has 0 unspecified atom stereocenters. The Morgan fingerprint density at radius 3 is 2.53 bits per heavy atom. The predicted molar refractivity (Wildman–Crippen MR) is 48.8 cm³/mol. The number of hydrogen-bond acceptors (Lipinski definition) is 3. The summed E-state index contributed by atoms with van der Waals surface area (Å²) in [6.45, 7) is -0.0631. The number of amides is 1. The molecule has 0 aromatic rings. The predicted octanol–water partition coefficient (Wildman–Crippen LogP) is 1.66. The van der Waals surface area contributed by atoms with Gasteiger partial charge in [0, 0.05) is 12.3 Å². The maximum atomic E-state index is 11.7. The number of halogens is 3. The van der Waals surface area contributed by atoms with Gasteiger partial charge < -0.3 is 5.32 Å². The molecule has 15 heavy (non-hydrogen) atoms. The van der Waals surface area contributed by atoms with Gasteiger partial charge in [-0.05, 0) is 24.6 Å². The standard InChI is InChI=1S/C8H9F3N2OS/c9-8(10,11)15-4-3-13-6(14)7(5-12)1-2-7/h1-4H2,(H,13,14). The van der Waals surface area contributed by atoms with Gasteiger partial charge in [0.2, 0.25) is 5.91 Å². The smallest absolute Gasteiger partial charge is 0.354 e. The van der Waals surface area contributed by atoms with Crippen LogP contribution in [-0.4, -0.2) is 23.7 Å². The van der Waals surface area contributed by atoms with E-state index in [1.165, 1.54) is 0 Å². The van der Waals surface area contributed by atoms with E-state index < -0.39 is 16.8 Å². The van der Waals surface area contributed by atoms with E-state index in [-0.39, 0.29) is 24.1 Å². The molecule has 0 radical (unpaired) electrons. The highest BCUT2D eigenvalue weighted by molar-refractivity contribution is 8.00. The number of nitrogens with zero attached hydrogens (tertiary/aromatic N) is 1. The van der Waals surface area contributed by atoms with Gasteiger partial charge >= 0.3 is 5.51 Å². The summed E-state index contributed by atoms with van der Waals surface area (Å²) >= 11 is -0.183. The molecule has 1 amide bonds. The number of alkyl halides is 3. The Bertz CT molecular complexity index is 293. The van der Waals surface area contributed by atoms with E-state index in [4.69, 9.17) is 5.26 Å². The molecule has 0 aliphatic heterocycles. The Labute approximate surface area is 89.0 Å². The van der Waals surface area contributed by atoms with E-state index >= 15 is 0 Å². The topological polar surface area (TPSA) is 52.9 Å². The number of thioether (sulfide) groups is 1. The number of carbonyl (C=O) groups excluding carboxylic acids is 1. The van der Waals surface area contributed by atoms with Gasteiger partial charge in [0.25, 0.3) is 0 Å². The molecule has 0 saturated heterocycles. The normalized spacial score (nSPS) is 18.0. The zero-order chi connectivity index (χ0) is 11.5. The van der Waals surface area contributed by atoms with Crippen LogP contribution in [0.5, 0.6) is 0 Å². The zero-order valence-corrected chi connectivity index (χ0v) is 8.54. The number of nitriles is 1. The summed E-state index contributed by atoms with van der Waals surface area (Å²) in [5.74, 6) is -0.677. The van der Waals surface area contributed by atoms with E-state index in [0.29, 0.717) is 12.8 Å². The molecule has 0 aromatic heterocycles. The maximum absolute atomic E-state index is 11.7. The van der Waals surface area contributed by atoms with Crippen LogP contribution in [0.15, 0.2) is 0 Å². The quantitative estimate of drug-likeness (QED) is 0.758. The highest BCUT2D eigenvalue weighted by atomic mass is 32.2. The van der Waals surface area contributed by atoms with Crippen molar-refractivity contribution in [3.05, 3.63) is 0 Å². The lowest BCUT2D eigenvalue weighted by molar-refractivity contribution is -0.124. The van der Waals surface area contributed by atoms with E-state index in [2.05, 4.69) is 5.32 Å². The Hall–Kier alpha value is -0.900. The monoisotopic (exact) mass is 238 g/mol. The van der Waals surface area contributed by atoms with Crippen molar-refractivity contribution in [1.29, 1.82) is 5.26 Å². The molecule has 1 saturated carbocycles. The second-order valence-corrected chi connectivity index (χ2v) is 4.40. The Balaban J connectivity index is 2.17. The van der Waals surface area contributed by atoms with E-state index in [1.807, 2.05) is 6.07 Å². The minimum Gasteiger partial charge on any atom is -0.354 e. The maximum Gasteiger partial charge on any atom is 0.441 e. The third-order valence-electron chi connectivity index (χ3n) is 2.05. The lowest BCUT2D eigenvalue weighted by atomic mass is 10.1. The van der Waals surface area contributed by atoms with Gasteiger partial charge in [-0.1, -0.05) is 0 Å². The molecule has 0 bridgehead atoms. The van der Waals surface area contributed by atoms with Gasteiger partial charge in [0.05, 0.1) is 6.07 Å². The molecule has 7 heteroatoms. The molecule has 0 aromatic carbocycles. The van der Waals surface area contributed by atoms with Crippen LogP contribution < -0.4 is 5.32 Å². The second-order valence-electron chi connectivity index (χ2n) is 3.24. The van der Waals surface area contributed by atoms with Crippen LogP contribution in [0.4, 0.5) is 13.2 Å². The molecule has 1 N–H and O–H groups in total. The molecule has 84 valence electrons. The average Bonchev–Trinajstić information content (AvgIpc) is 2.91. The molecular weight excluding hydrogens is 229 g/mol. The lowest BCUT2D eigenvalue weighted by Crippen LogP contribution is -2.33. The van der Waals surface area contributed by atoms with Crippen LogP contribution >= 0.6 is 11.8 Å². The number of hydrogen-bond donors (Lipinski definition) is 1. The molecule has 0 atom stereocenters. The van der Waals surface area contributed by atoms with Gasteiger partial charge in [-0.3, -0.25) is 4.79 Å². The zero-order valence-electron chi connectivity index (χ0n) is 7.73. The fourth-order valence-electron chi connectivity index (χ4n) is 1.02. The number of carbonyl (C=O) groups is 1. The van der Waals surface area contributed by atoms with E-state index in [0.717, 1.165) is 0 Å². The van der Waals surface area contributed by atoms with Crippen molar-refractivity contribution < 1.29 is 18.0 Å². The first-order valence-electron chi connectivity index (χ1n) is 4.30. The van der Waals surface area contributed by atoms with Crippen molar-refractivity contribution in [1.82, 2.24) is 5.32 Å². The van der Waals surface area contributed by atoms with Gasteiger partial charge in [0.1, 0.15) is 5.41 Å². The van der Waals surface area contributed by atoms with Crippen LogP contribution in [0.25, 0.3) is 0 Å². The molecule has 3 nitrogen and oxygen atoms in total. The summed E-state index contributed by atoms with van der Waals surface area (Å²) in [5, 5.41) is 10.9. The van der Waals surface area contributed by atoms with Crippen LogP contribution in [-0.2, 0) is 4.79 Å². The minimum absolute atomic E-state index is 0.0631. The molecule has 1 aliphatic rings. The van der Waals surface area contributed by atoms with Gasteiger partial charge in [-0.15, -0.1) is 0 Å². The van der Waals surface area contributed by atoms with Crippen molar-refractivity contribution >= 4 is 17.7 Å². The summed E-state index contributed by atoms with van der Waals surface area (Å²) in [5.41, 5.74) is -5.22. The van der Waals surface area contributed by atoms with Crippen molar-refractivity contribution in [2.24, 2.45) is 5.41 Å². The largest absolute Gasteiger partial charge is 0.441 e. The van der Waals surface area contributed by atoms with Crippen LogP contribution in [0.1, 0.15) is 12.8 Å². The molecule has 0 spiro atoms. The molecule has 1 aliphatic carbocycles. The third kappa shape index (κ3) is 3.63. The Morgan fingerprint density at radius 2 is 2.13 bits per heavy atom. The summed E-state index contributed by atoms with van der Waals surface area (Å²) < 4.78 is 35.1. The Kier molecular flexibility index (Phi) is 3.50. The first-order valence-corrected chi connectivity index (χ1v) is 5.28. The van der Waals surface area contributed by atoms with Crippen molar-refractivity contribution in [2.75, 3.05) is 12.3 Å². The third-order valence-corrected chi connectivity index (χ3v) is 2.79. The van der Waals surface area contributed by atoms with E-state index in [9.17, 15) is 18.0 Å². The fraction of sp³-hybridized carbons (Fsp3) is 0.750. The van der Waals surface area contributed by atoms with Crippen LogP contribution in [0.3, 0.4) is 0 Å². The van der Waals surface area contributed by atoms with E-state index in [1.54, 1.807) is 0 Å². The minimum atomic E-state index is -4.27. The van der Waals surface area contributed by atoms with Crippen molar-refractivity contribution in [3.63, 3.8) is 0 Å². The van der Waals surface area contributed by atoms with Gasteiger partial charge in [-0.2, -0.15) is 18.4 Å². The van der Waals surface area contributed by atoms with Crippen LogP contribution in [0, 0.1) is 16.7 Å². The molecule has 0 heterocycles. The molecule has 1 fully saturated rings. The van der Waals surface area contributed by atoms with Crippen molar-refractivity contribution in [3.8, 4) is 6.07 Å². The molecular formula is C8H9F3N2OS. The number of rotatable bonds is 4. The molecule has 1 rings (SSSR count). The fourth-order valence-corrected chi connectivity index (χ4v) is 1.45. The summed E-state index contributed by atoms with van der Waals surface area (Å²) in [4.78, 5) is 11.3. The van der Waals surface area contributed by atoms with Crippen LogP contribution in [0.2, 0.25) is 0 Å². The first kappa shape index (κ1) is 12.2. The first-order chi connectivity index (χ1) is 6.90. The highest BCUT2D eigenvalue weighted by Gasteiger charge is 2.50.